The molecule has 0 bridgehead atoms. The van der Waals surface area contributed by atoms with Crippen LogP contribution in [0.1, 0.15) is 23.0 Å². The minimum absolute atomic E-state index is 0.0965. The van der Waals surface area contributed by atoms with Gasteiger partial charge in [0.05, 0.1) is 24.8 Å². The van der Waals surface area contributed by atoms with E-state index in [9.17, 15) is 14.7 Å². The molecular formula is C13H16N2O4. The van der Waals surface area contributed by atoms with E-state index in [0.717, 1.165) is 0 Å². The molecule has 2 N–H and O–H groups in total. The van der Waals surface area contributed by atoms with Crippen LogP contribution in [0.3, 0.4) is 0 Å². The van der Waals surface area contributed by atoms with Gasteiger partial charge in [0.25, 0.3) is 5.91 Å². The van der Waals surface area contributed by atoms with Crippen molar-refractivity contribution in [3.63, 3.8) is 0 Å². The predicted octanol–water partition coefficient (Wildman–Crippen LogP) is 0.610. The molecule has 1 fully saturated rings. The topological polar surface area (TPSA) is 88.5 Å². The summed E-state index contributed by atoms with van der Waals surface area (Å²) in [6.07, 6.45) is 1.60. The van der Waals surface area contributed by atoms with Crippen molar-refractivity contribution in [3.8, 4) is 0 Å². The summed E-state index contributed by atoms with van der Waals surface area (Å²) in [4.78, 5) is 27.4. The smallest absolute Gasteiger partial charge is 0.313 e. The maximum atomic E-state index is 12.1. The number of carboxylic acid groups (broad SMARTS) is 1. The van der Waals surface area contributed by atoms with Crippen molar-refractivity contribution in [3.05, 3.63) is 29.6 Å². The molecule has 6 heteroatoms. The van der Waals surface area contributed by atoms with Gasteiger partial charge >= 0.3 is 5.97 Å². The number of carbonyl (C=O) groups is 2. The van der Waals surface area contributed by atoms with Gasteiger partial charge in [-0.25, -0.2) is 0 Å². The fraction of sp³-hybridized carbons (Fsp3) is 0.462. The van der Waals surface area contributed by atoms with Gasteiger partial charge in [-0.3, -0.25) is 14.6 Å². The largest absolute Gasteiger partial charge is 0.481 e. The van der Waals surface area contributed by atoms with Crippen LogP contribution in [-0.2, 0) is 9.53 Å². The standard InChI is InChI=1S/C13H16N2O4/c1-8-9(4-3-5-14-8)11(16)15-10-6-19-7-13(10,2)12(17)18/h3-5,10H,6-7H2,1-2H3,(H,15,16)(H,17,18). The number of aromatic nitrogens is 1. The van der Waals surface area contributed by atoms with Crippen molar-refractivity contribution < 1.29 is 19.4 Å². The van der Waals surface area contributed by atoms with Crippen molar-refractivity contribution in [2.45, 2.75) is 19.9 Å². The number of nitrogens with zero attached hydrogens (tertiary/aromatic N) is 1. The van der Waals surface area contributed by atoms with Crippen molar-refractivity contribution in [1.82, 2.24) is 10.3 Å². The van der Waals surface area contributed by atoms with Crippen LogP contribution >= 0.6 is 0 Å². The molecule has 0 saturated carbocycles. The van der Waals surface area contributed by atoms with Crippen molar-refractivity contribution in [2.24, 2.45) is 5.41 Å². The quantitative estimate of drug-likeness (QED) is 0.835. The third kappa shape index (κ3) is 2.44. The molecule has 1 aromatic rings. The van der Waals surface area contributed by atoms with Crippen molar-refractivity contribution in [2.75, 3.05) is 13.2 Å². The lowest BCUT2D eigenvalue weighted by Gasteiger charge is -2.25. The van der Waals surface area contributed by atoms with E-state index >= 15 is 0 Å². The molecule has 1 amide bonds. The number of rotatable bonds is 3. The number of amides is 1. The summed E-state index contributed by atoms with van der Waals surface area (Å²) in [7, 11) is 0. The highest BCUT2D eigenvalue weighted by Crippen LogP contribution is 2.29. The van der Waals surface area contributed by atoms with Gasteiger partial charge in [0, 0.05) is 11.9 Å². The number of ether oxygens (including phenoxy) is 1. The number of nitrogens with one attached hydrogen (secondary N) is 1. The molecule has 102 valence electrons. The van der Waals surface area contributed by atoms with Crippen LogP contribution < -0.4 is 5.32 Å². The average Bonchev–Trinajstić information content (AvgIpc) is 2.73. The normalized spacial score (nSPS) is 26.1. The second-order valence-electron chi connectivity index (χ2n) is 4.90. The molecule has 0 radical (unpaired) electrons. The summed E-state index contributed by atoms with van der Waals surface area (Å²) in [5.41, 5.74) is -0.0377. The summed E-state index contributed by atoms with van der Waals surface area (Å²) in [6.45, 7) is 3.60. The van der Waals surface area contributed by atoms with E-state index in [0.29, 0.717) is 11.3 Å². The molecule has 1 aromatic heterocycles. The first-order valence-electron chi connectivity index (χ1n) is 5.99. The summed E-state index contributed by atoms with van der Waals surface area (Å²) >= 11 is 0. The molecule has 19 heavy (non-hydrogen) atoms. The Kier molecular flexibility index (Phi) is 3.53. The Labute approximate surface area is 110 Å². The molecule has 0 spiro atoms. The van der Waals surface area contributed by atoms with Crippen LogP contribution in [0.2, 0.25) is 0 Å². The van der Waals surface area contributed by atoms with Gasteiger partial charge in [-0.2, -0.15) is 0 Å². The minimum Gasteiger partial charge on any atom is -0.481 e. The Hall–Kier alpha value is -1.95. The zero-order chi connectivity index (χ0) is 14.0. The molecule has 6 nitrogen and oxygen atoms in total. The number of carboxylic acids is 1. The molecule has 2 rings (SSSR count). The highest BCUT2D eigenvalue weighted by Gasteiger charge is 2.47. The van der Waals surface area contributed by atoms with Gasteiger partial charge in [0.2, 0.25) is 0 Å². The van der Waals surface area contributed by atoms with Crippen molar-refractivity contribution in [1.29, 1.82) is 0 Å². The van der Waals surface area contributed by atoms with Crippen LogP contribution in [0.5, 0.6) is 0 Å². The van der Waals surface area contributed by atoms with Gasteiger partial charge < -0.3 is 15.2 Å². The first-order valence-corrected chi connectivity index (χ1v) is 5.99. The van der Waals surface area contributed by atoms with Gasteiger partial charge in [-0.05, 0) is 26.0 Å². The molecule has 2 heterocycles. The maximum absolute atomic E-state index is 12.1. The summed E-state index contributed by atoms with van der Waals surface area (Å²) in [6, 6.07) is 2.78. The number of hydrogen-bond donors (Lipinski definition) is 2. The number of hydrogen-bond acceptors (Lipinski definition) is 4. The Morgan fingerprint density at radius 3 is 2.95 bits per heavy atom. The van der Waals surface area contributed by atoms with Crippen LogP contribution in [0.15, 0.2) is 18.3 Å². The van der Waals surface area contributed by atoms with E-state index in [4.69, 9.17) is 4.74 Å². The Bertz CT molecular complexity index is 517. The second kappa shape index (κ2) is 4.97. The number of aryl methyl sites for hydroxylation is 1. The molecule has 1 saturated heterocycles. The van der Waals surface area contributed by atoms with Gasteiger partial charge in [0.1, 0.15) is 5.41 Å². The van der Waals surface area contributed by atoms with E-state index in [1.165, 1.54) is 0 Å². The lowest BCUT2D eigenvalue weighted by atomic mass is 9.85. The van der Waals surface area contributed by atoms with E-state index in [1.54, 1.807) is 32.2 Å². The molecular weight excluding hydrogens is 248 g/mol. The molecule has 0 aliphatic carbocycles. The number of carbonyl (C=O) groups excluding carboxylic acids is 1. The maximum Gasteiger partial charge on any atom is 0.313 e. The first kappa shape index (κ1) is 13.5. The fourth-order valence-corrected chi connectivity index (χ4v) is 2.05. The molecule has 1 aliphatic rings. The average molecular weight is 264 g/mol. The third-order valence-corrected chi connectivity index (χ3v) is 3.50. The lowest BCUT2D eigenvalue weighted by Crippen LogP contribution is -2.49. The minimum atomic E-state index is -1.09. The van der Waals surface area contributed by atoms with Gasteiger partial charge in [0.15, 0.2) is 0 Å². The Balaban J connectivity index is 2.16. The monoisotopic (exact) mass is 264 g/mol. The first-order chi connectivity index (χ1) is 8.95. The molecule has 2 atom stereocenters. The summed E-state index contributed by atoms with van der Waals surface area (Å²) < 4.78 is 5.19. The van der Waals surface area contributed by atoms with Crippen LogP contribution in [0.4, 0.5) is 0 Å². The molecule has 0 aromatic carbocycles. The summed E-state index contributed by atoms with van der Waals surface area (Å²) in [5.74, 6) is -1.30. The third-order valence-electron chi connectivity index (χ3n) is 3.50. The zero-order valence-electron chi connectivity index (χ0n) is 10.8. The van der Waals surface area contributed by atoms with Crippen LogP contribution in [-0.4, -0.2) is 41.2 Å². The highest BCUT2D eigenvalue weighted by atomic mass is 16.5. The predicted molar refractivity (Wildman–Crippen MR) is 66.8 cm³/mol. The SMILES string of the molecule is Cc1ncccc1C(=O)NC1COCC1(C)C(=O)O. The van der Waals surface area contributed by atoms with Crippen LogP contribution in [0, 0.1) is 12.3 Å². The van der Waals surface area contributed by atoms with Gasteiger partial charge in [-0.15, -0.1) is 0 Å². The molecule has 2 unspecified atom stereocenters. The second-order valence-corrected chi connectivity index (χ2v) is 4.90. The lowest BCUT2D eigenvalue weighted by molar-refractivity contribution is -0.148. The molecule has 1 aliphatic heterocycles. The van der Waals surface area contributed by atoms with E-state index in [1.807, 2.05) is 0 Å². The fourth-order valence-electron chi connectivity index (χ4n) is 2.05. The number of aliphatic carboxylic acids is 1. The Morgan fingerprint density at radius 2 is 2.32 bits per heavy atom. The zero-order valence-corrected chi connectivity index (χ0v) is 10.8. The number of pyridine rings is 1. The van der Waals surface area contributed by atoms with Crippen molar-refractivity contribution >= 4 is 11.9 Å². The highest BCUT2D eigenvalue weighted by molar-refractivity contribution is 5.95. The van der Waals surface area contributed by atoms with Crippen LogP contribution in [0.25, 0.3) is 0 Å². The van der Waals surface area contributed by atoms with Gasteiger partial charge in [-0.1, -0.05) is 0 Å². The van der Waals surface area contributed by atoms with E-state index in [-0.39, 0.29) is 19.1 Å². The Morgan fingerprint density at radius 1 is 1.58 bits per heavy atom. The van der Waals surface area contributed by atoms with E-state index in [2.05, 4.69) is 10.3 Å². The van der Waals surface area contributed by atoms with E-state index < -0.39 is 17.4 Å². The summed E-state index contributed by atoms with van der Waals surface area (Å²) in [5, 5.41) is 12.0.